The highest BCUT2D eigenvalue weighted by Crippen LogP contribution is 2.40. The predicted octanol–water partition coefficient (Wildman–Crippen LogP) is 1.86. The molecule has 1 saturated heterocycles. The molecule has 2 nitrogen and oxygen atoms in total. The van der Waals surface area contributed by atoms with Gasteiger partial charge in [-0.15, -0.1) is 13.2 Å². The minimum Gasteiger partial charge on any atom is -0.367 e. The van der Waals surface area contributed by atoms with Crippen LogP contribution >= 0.6 is 0 Å². The standard InChI is InChI=1S/C10H16O2/c1-3-5-10(6-4-2)7-8-12-9(10)11/h3-4,9,11H,1-2,5-8H2/t9-/m0/s1. The Bertz CT molecular complexity index is 165. The number of rotatable bonds is 4. The van der Waals surface area contributed by atoms with E-state index in [2.05, 4.69) is 13.2 Å². The van der Waals surface area contributed by atoms with E-state index < -0.39 is 6.29 Å². The van der Waals surface area contributed by atoms with Crippen molar-refractivity contribution in [1.82, 2.24) is 0 Å². The second kappa shape index (κ2) is 3.87. The molecule has 0 bridgehead atoms. The zero-order chi connectivity index (χ0) is 9.03. The van der Waals surface area contributed by atoms with E-state index in [4.69, 9.17) is 4.74 Å². The van der Waals surface area contributed by atoms with Crippen molar-refractivity contribution in [3.05, 3.63) is 25.3 Å². The fraction of sp³-hybridized carbons (Fsp3) is 0.600. The van der Waals surface area contributed by atoms with Crippen LogP contribution in [-0.4, -0.2) is 18.0 Å². The number of aliphatic hydroxyl groups excluding tert-OH is 1. The lowest BCUT2D eigenvalue weighted by Gasteiger charge is -2.28. The zero-order valence-corrected chi connectivity index (χ0v) is 7.33. The molecule has 1 fully saturated rings. The van der Waals surface area contributed by atoms with Gasteiger partial charge in [-0.05, 0) is 19.3 Å². The summed E-state index contributed by atoms with van der Waals surface area (Å²) in [5.41, 5.74) is -0.149. The van der Waals surface area contributed by atoms with E-state index in [1.165, 1.54) is 0 Å². The Morgan fingerprint density at radius 3 is 2.33 bits per heavy atom. The zero-order valence-electron chi connectivity index (χ0n) is 7.33. The highest BCUT2D eigenvalue weighted by Gasteiger charge is 2.40. The van der Waals surface area contributed by atoms with Gasteiger partial charge in [0.15, 0.2) is 6.29 Å². The third-order valence-electron chi connectivity index (χ3n) is 2.50. The van der Waals surface area contributed by atoms with Crippen molar-refractivity contribution in [2.45, 2.75) is 25.6 Å². The van der Waals surface area contributed by atoms with Crippen LogP contribution in [0.3, 0.4) is 0 Å². The quantitative estimate of drug-likeness (QED) is 0.649. The average molecular weight is 168 g/mol. The summed E-state index contributed by atoms with van der Waals surface area (Å²) >= 11 is 0. The summed E-state index contributed by atoms with van der Waals surface area (Å²) in [6, 6.07) is 0. The lowest BCUT2D eigenvalue weighted by molar-refractivity contribution is -0.116. The molecule has 1 atom stereocenters. The van der Waals surface area contributed by atoms with E-state index in [-0.39, 0.29) is 5.41 Å². The van der Waals surface area contributed by atoms with Crippen LogP contribution in [0, 0.1) is 5.41 Å². The normalized spacial score (nSPS) is 26.9. The van der Waals surface area contributed by atoms with Crippen molar-refractivity contribution in [2.24, 2.45) is 5.41 Å². The molecule has 0 aliphatic carbocycles. The Labute approximate surface area is 73.5 Å². The Morgan fingerprint density at radius 1 is 1.42 bits per heavy atom. The molecule has 68 valence electrons. The minimum atomic E-state index is -0.645. The molecular weight excluding hydrogens is 152 g/mol. The largest absolute Gasteiger partial charge is 0.367 e. The van der Waals surface area contributed by atoms with Gasteiger partial charge in [-0.2, -0.15) is 0 Å². The van der Waals surface area contributed by atoms with Gasteiger partial charge >= 0.3 is 0 Å². The minimum absolute atomic E-state index is 0.149. The van der Waals surface area contributed by atoms with Crippen LogP contribution < -0.4 is 0 Å². The molecule has 0 aromatic rings. The second-order valence-corrected chi connectivity index (χ2v) is 3.32. The third kappa shape index (κ3) is 1.59. The average Bonchev–Trinajstić information content (AvgIpc) is 2.35. The first kappa shape index (κ1) is 9.49. The Hall–Kier alpha value is -0.600. The lowest BCUT2D eigenvalue weighted by atomic mass is 9.79. The number of hydrogen-bond acceptors (Lipinski definition) is 2. The molecular formula is C10H16O2. The molecule has 0 radical (unpaired) electrons. The molecule has 0 aromatic carbocycles. The molecule has 0 unspecified atom stereocenters. The monoisotopic (exact) mass is 168 g/mol. The van der Waals surface area contributed by atoms with E-state index in [9.17, 15) is 5.11 Å². The summed E-state index contributed by atoms with van der Waals surface area (Å²) < 4.78 is 5.13. The van der Waals surface area contributed by atoms with E-state index in [0.29, 0.717) is 6.61 Å². The maximum Gasteiger partial charge on any atom is 0.160 e. The molecule has 1 N–H and O–H groups in total. The Kier molecular flexibility index (Phi) is 3.06. The van der Waals surface area contributed by atoms with Gasteiger partial charge in [0.2, 0.25) is 0 Å². The first-order valence-electron chi connectivity index (χ1n) is 4.26. The van der Waals surface area contributed by atoms with Gasteiger partial charge in [0.05, 0.1) is 6.61 Å². The molecule has 1 aliphatic heterocycles. The molecule has 0 spiro atoms. The summed E-state index contributed by atoms with van der Waals surface area (Å²) in [5.74, 6) is 0. The van der Waals surface area contributed by atoms with Crippen LogP contribution in [0.15, 0.2) is 25.3 Å². The van der Waals surface area contributed by atoms with Crippen molar-refractivity contribution in [3.63, 3.8) is 0 Å². The topological polar surface area (TPSA) is 29.5 Å². The number of aliphatic hydroxyl groups is 1. The van der Waals surface area contributed by atoms with Crippen LogP contribution in [0.5, 0.6) is 0 Å². The Balaban J connectivity index is 2.69. The van der Waals surface area contributed by atoms with Gasteiger partial charge < -0.3 is 9.84 Å². The van der Waals surface area contributed by atoms with Crippen LogP contribution in [0.2, 0.25) is 0 Å². The summed E-state index contributed by atoms with van der Waals surface area (Å²) in [4.78, 5) is 0. The molecule has 0 saturated carbocycles. The van der Waals surface area contributed by atoms with Crippen molar-refractivity contribution in [1.29, 1.82) is 0 Å². The molecule has 1 heterocycles. The van der Waals surface area contributed by atoms with Gasteiger partial charge in [-0.1, -0.05) is 12.2 Å². The summed E-state index contributed by atoms with van der Waals surface area (Å²) in [6.07, 6.45) is 5.50. The number of ether oxygens (including phenoxy) is 1. The summed E-state index contributed by atoms with van der Waals surface area (Å²) in [7, 11) is 0. The smallest absolute Gasteiger partial charge is 0.160 e. The summed E-state index contributed by atoms with van der Waals surface area (Å²) in [5, 5.41) is 9.58. The molecule has 2 heteroatoms. The number of allylic oxidation sites excluding steroid dienone is 2. The van der Waals surface area contributed by atoms with Crippen LogP contribution in [0.25, 0.3) is 0 Å². The lowest BCUT2D eigenvalue weighted by Crippen LogP contribution is -2.29. The fourth-order valence-electron chi connectivity index (χ4n) is 1.74. The van der Waals surface area contributed by atoms with Gasteiger partial charge in [0.1, 0.15) is 0 Å². The van der Waals surface area contributed by atoms with Crippen molar-refractivity contribution < 1.29 is 9.84 Å². The van der Waals surface area contributed by atoms with Gasteiger partial charge in [-0.3, -0.25) is 0 Å². The highest BCUT2D eigenvalue weighted by atomic mass is 16.6. The van der Waals surface area contributed by atoms with Gasteiger partial charge in [0.25, 0.3) is 0 Å². The molecule has 0 aromatic heterocycles. The van der Waals surface area contributed by atoms with Crippen LogP contribution in [-0.2, 0) is 4.74 Å². The van der Waals surface area contributed by atoms with Crippen LogP contribution in [0.4, 0.5) is 0 Å². The van der Waals surface area contributed by atoms with E-state index in [1.807, 2.05) is 12.2 Å². The molecule has 1 aliphatic rings. The predicted molar refractivity (Wildman–Crippen MR) is 48.6 cm³/mol. The Morgan fingerprint density at radius 2 is 2.00 bits per heavy atom. The molecule has 0 amide bonds. The fourth-order valence-corrected chi connectivity index (χ4v) is 1.74. The first-order chi connectivity index (χ1) is 5.75. The van der Waals surface area contributed by atoms with Crippen LogP contribution in [0.1, 0.15) is 19.3 Å². The maximum absolute atomic E-state index is 9.58. The second-order valence-electron chi connectivity index (χ2n) is 3.32. The van der Waals surface area contributed by atoms with Crippen molar-refractivity contribution in [2.75, 3.05) is 6.61 Å². The first-order valence-corrected chi connectivity index (χ1v) is 4.26. The van der Waals surface area contributed by atoms with Crippen molar-refractivity contribution in [3.8, 4) is 0 Å². The van der Waals surface area contributed by atoms with Crippen molar-refractivity contribution >= 4 is 0 Å². The van der Waals surface area contributed by atoms with Gasteiger partial charge in [0, 0.05) is 5.41 Å². The van der Waals surface area contributed by atoms with E-state index in [1.54, 1.807) is 0 Å². The maximum atomic E-state index is 9.58. The highest BCUT2D eigenvalue weighted by molar-refractivity contribution is 4.95. The van der Waals surface area contributed by atoms with Gasteiger partial charge in [-0.25, -0.2) is 0 Å². The third-order valence-corrected chi connectivity index (χ3v) is 2.50. The SMILES string of the molecule is C=CCC1(CC=C)CCO[C@@H]1O. The van der Waals surface area contributed by atoms with E-state index in [0.717, 1.165) is 19.3 Å². The molecule has 1 rings (SSSR count). The van der Waals surface area contributed by atoms with E-state index >= 15 is 0 Å². The molecule has 12 heavy (non-hydrogen) atoms. The number of hydrogen-bond donors (Lipinski definition) is 1. The summed E-state index contributed by atoms with van der Waals surface area (Å²) in [6.45, 7) is 8.01.